The molecule has 3 fully saturated rings. The van der Waals surface area contributed by atoms with E-state index in [0.717, 1.165) is 0 Å². The molecule has 0 aliphatic carbocycles. The SMILES string of the molecule is CC1OCC(=O)C12CCN([C@@H]1CCO[C@H](O[C@H](C)c3cc(C(F)(F)F)cc(C(F)(F)F)c3)[C@@H]1c1ccc(F)cc1)CC2. The van der Waals surface area contributed by atoms with Crippen molar-refractivity contribution in [1.29, 1.82) is 0 Å². The molecule has 12 heteroatoms. The quantitative estimate of drug-likeness (QED) is 0.348. The first kappa shape index (κ1) is 30.9. The molecule has 3 heterocycles. The molecule has 5 rings (SSSR count). The van der Waals surface area contributed by atoms with E-state index in [0.29, 0.717) is 50.0 Å². The monoisotopic (exact) mass is 603 g/mol. The van der Waals surface area contributed by atoms with E-state index < -0.39 is 53.0 Å². The number of Topliss-reactive ketones (excluding diaryl/α,β-unsaturated/α-hetero) is 1. The van der Waals surface area contributed by atoms with Gasteiger partial charge in [0, 0.05) is 6.04 Å². The second-order valence-corrected chi connectivity index (χ2v) is 11.4. The first-order valence-corrected chi connectivity index (χ1v) is 13.9. The van der Waals surface area contributed by atoms with Crippen molar-refractivity contribution in [3.8, 4) is 0 Å². The maximum atomic E-state index is 13.8. The Kier molecular flexibility index (Phi) is 8.47. The van der Waals surface area contributed by atoms with E-state index in [1.807, 2.05) is 6.92 Å². The summed E-state index contributed by atoms with van der Waals surface area (Å²) >= 11 is 0. The van der Waals surface area contributed by atoms with E-state index in [9.17, 15) is 35.5 Å². The summed E-state index contributed by atoms with van der Waals surface area (Å²) in [5, 5.41) is 0. The average molecular weight is 604 g/mol. The average Bonchev–Trinajstić information content (AvgIpc) is 3.21. The second kappa shape index (κ2) is 11.5. The molecule has 3 aliphatic rings. The van der Waals surface area contributed by atoms with Gasteiger partial charge in [0.15, 0.2) is 12.1 Å². The van der Waals surface area contributed by atoms with Crippen LogP contribution in [0.2, 0.25) is 0 Å². The van der Waals surface area contributed by atoms with E-state index in [2.05, 4.69) is 4.90 Å². The van der Waals surface area contributed by atoms with Gasteiger partial charge < -0.3 is 14.2 Å². The van der Waals surface area contributed by atoms with Crippen LogP contribution >= 0.6 is 0 Å². The van der Waals surface area contributed by atoms with Crippen molar-refractivity contribution in [3.05, 3.63) is 70.5 Å². The van der Waals surface area contributed by atoms with E-state index in [1.165, 1.54) is 19.1 Å². The van der Waals surface area contributed by atoms with Crippen molar-refractivity contribution in [3.63, 3.8) is 0 Å². The van der Waals surface area contributed by atoms with Gasteiger partial charge in [0.2, 0.25) is 0 Å². The topological polar surface area (TPSA) is 48.0 Å². The minimum Gasteiger partial charge on any atom is -0.370 e. The molecule has 3 saturated heterocycles. The Balaban J connectivity index is 1.43. The third-order valence-electron chi connectivity index (χ3n) is 9.03. The molecule has 2 aromatic carbocycles. The predicted octanol–water partition coefficient (Wildman–Crippen LogP) is 6.91. The number of carbonyl (C=O) groups excluding carboxylic acids is 1. The van der Waals surface area contributed by atoms with Crippen molar-refractivity contribution in [2.75, 3.05) is 26.3 Å². The molecule has 1 unspecified atom stereocenters. The van der Waals surface area contributed by atoms with E-state index in [-0.39, 0.29) is 42.8 Å². The molecular formula is C30H32F7NO4. The Labute approximate surface area is 238 Å². The fraction of sp³-hybridized carbons (Fsp3) is 0.567. The summed E-state index contributed by atoms with van der Waals surface area (Å²) in [5.41, 5.74) is -3.04. The third kappa shape index (κ3) is 6.09. The van der Waals surface area contributed by atoms with Crippen LogP contribution in [-0.4, -0.2) is 55.4 Å². The number of alkyl halides is 6. The molecule has 0 N–H and O–H groups in total. The van der Waals surface area contributed by atoms with Crippen LogP contribution in [0.3, 0.4) is 0 Å². The van der Waals surface area contributed by atoms with Gasteiger partial charge in [-0.1, -0.05) is 12.1 Å². The van der Waals surface area contributed by atoms with Crippen LogP contribution in [0.5, 0.6) is 0 Å². The number of benzene rings is 2. The van der Waals surface area contributed by atoms with Crippen molar-refractivity contribution in [2.45, 2.75) is 75.9 Å². The van der Waals surface area contributed by atoms with Crippen molar-refractivity contribution < 1.29 is 49.7 Å². The molecular weight excluding hydrogens is 571 g/mol. The molecule has 5 nitrogen and oxygen atoms in total. The van der Waals surface area contributed by atoms with Gasteiger partial charge in [-0.15, -0.1) is 0 Å². The summed E-state index contributed by atoms with van der Waals surface area (Å²) in [7, 11) is 0. The first-order valence-electron chi connectivity index (χ1n) is 13.9. The van der Waals surface area contributed by atoms with Crippen LogP contribution in [0.1, 0.15) is 67.4 Å². The maximum absolute atomic E-state index is 13.8. The number of carbonyl (C=O) groups is 1. The number of ketones is 1. The molecule has 1 spiro atoms. The highest BCUT2D eigenvalue weighted by Crippen LogP contribution is 2.45. The van der Waals surface area contributed by atoms with E-state index >= 15 is 0 Å². The molecule has 0 bridgehead atoms. The lowest BCUT2D eigenvalue weighted by molar-refractivity contribution is -0.213. The minimum absolute atomic E-state index is 0.0782. The first-order chi connectivity index (χ1) is 19.7. The number of piperidine rings is 1. The van der Waals surface area contributed by atoms with Crippen molar-refractivity contribution in [2.24, 2.45) is 5.41 Å². The zero-order chi connectivity index (χ0) is 30.4. The van der Waals surface area contributed by atoms with Crippen LogP contribution in [-0.2, 0) is 31.4 Å². The van der Waals surface area contributed by atoms with E-state index in [4.69, 9.17) is 14.2 Å². The second-order valence-electron chi connectivity index (χ2n) is 11.4. The number of hydrogen-bond donors (Lipinski definition) is 0. The lowest BCUT2D eigenvalue weighted by Crippen LogP contribution is -2.55. The summed E-state index contributed by atoms with van der Waals surface area (Å²) in [6.07, 6.45) is -10.7. The fourth-order valence-electron chi connectivity index (χ4n) is 6.53. The molecule has 0 aromatic heterocycles. The third-order valence-corrected chi connectivity index (χ3v) is 9.03. The summed E-state index contributed by atoms with van der Waals surface area (Å²) in [6.45, 7) is 4.76. The highest BCUT2D eigenvalue weighted by Gasteiger charge is 2.52. The highest BCUT2D eigenvalue weighted by molar-refractivity contribution is 5.88. The number of halogens is 7. The number of hydrogen-bond acceptors (Lipinski definition) is 5. The van der Waals surface area contributed by atoms with Gasteiger partial charge in [0.1, 0.15) is 12.4 Å². The number of likely N-dealkylation sites (tertiary alicyclic amines) is 1. The Hall–Kier alpha value is -2.54. The zero-order valence-electron chi connectivity index (χ0n) is 23.1. The molecule has 2 aromatic rings. The molecule has 42 heavy (non-hydrogen) atoms. The van der Waals surface area contributed by atoms with Gasteiger partial charge in [0.05, 0.1) is 41.3 Å². The van der Waals surface area contributed by atoms with Gasteiger partial charge in [-0.3, -0.25) is 9.69 Å². The van der Waals surface area contributed by atoms with Crippen LogP contribution in [0.15, 0.2) is 42.5 Å². The summed E-state index contributed by atoms with van der Waals surface area (Å²) in [5.74, 6) is -0.905. The lowest BCUT2D eigenvalue weighted by atomic mass is 9.72. The van der Waals surface area contributed by atoms with Crippen LogP contribution in [0.25, 0.3) is 0 Å². The van der Waals surface area contributed by atoms with E-state index in [1.54, 1.807) is 12.1 Å². The predicted molar refractivity (Wildman–Crippen MR) is 137 cm³/mol. The maximum Gasteiger partial charge on any atom is 0.416 e. The molecule has 5 atom stereocenters. The Morgan fingerprint density at radius 1 is 0.952 bits per heavy atom. The number of nitrogens with zero attached hydrogens (tertiary/aromatic N) is 1. The molecule has 0 saturated carbocycles. The van der Waals surface area contributed by atoms with Crippen molar-refractivity contribution in [1.82, 2.24) is 4.90 Å². The molecule has 0 radical (unpaired) electrons. The fourth-order valence-corrected chi connectivity index (χ4v) is 6.53. The largest absolute Gasteiger partial charge is 0.416 e. The van der Waals surface area contributed by atoms with Crippen LogP contribution < -0.4 is 0 Å². The Morgan fingerprint density at radius 2 is 1.55 bits per heavy atom. The summed E-state index contributed by atoms with van der Waals surface area (Å²) < 4.78 is 112. The zero-order valence-corrected chi connectivity index (χ0v) is 23.1. The lowest BCUT2D eigenvalue weighted by Gasteiger charge is -2.48. The molecule has 0 amide bonds. The summed E-state index contributed by atoms with van der Waals surface area (Å²) in [6, 6.07) is 6.91. The standard InChI is InChI=1S/C30H32F7NO4/c1-17(20-13-21(29(32,33)34)15-22(14-20)30(35,36)37)42-27-26(19-3-5-23(31)6-4-19)24(7-12-40-27)38-10-8-28(9-11-38)18(2)41-16-25(28)39/h3-6,13-15,17-18,24,26-27H,7-12,16H2,1-2H3/t17-,18?,24-,26-,27-/m1/s1. The normalized spacial score (nSPS) is 27.9. The van der Waals surface area contributed by atoms with Gasteiger partial charge in [-0.2, -0.15) is 26.3 Å². The number of rotatable bonds is 5. The van der Waals surface area contributed by atoms with Crippen LogP contribution in [0.4, 0.5) is 30.7 Å². The Bertz CT molecular complexity index is 1240. The smallest absolute Gasteiger partial charge is 0.370 e. The molecule has 230 valence electrons. The molecule has 3 aliphatic heterocycles. The Morgan fingerprint density at radius 3 is 2.07 bits per heavy atom. The van der Waals surface area contributed by atoms with Gasteiger partial charge in [0.25, 0.3) is 0 Å². The van der Waals surface area contributed by atoms with Crippen molar-refractivity contribution >= 4 is 5.78 Å². The van der Waals surface area contributed by atoms with Gasteiger partial charge >= 0.3 is 12.4 Å². The number of ether oxygens (including phenoxy) is 3. The van der Waals surface area contributed by atoms with Crippen LogP contribution in [0, 0.1) is 11.2 Å². The van der Waals surface area contributed by atoms with Gasteiger partial charge in [-0.25, -0.2) is 4.39 Å². The van der Waals surface area contributed by atoms with Gasteiger partial charge in [-0.05, 0) is 87.7 Å². The minimum atomic E-state index is -4.99. The summed E-state index contributed by atoms with van der Waals surface area (Å²) in [4.78, 5) is 14.9. The highest BCUT2D eigenvalue weighted by atomic mass is 19.4.